The van der Waals surface area contributed by atoms with Gasteiger partial charge in [0.25, 0.3) is 5.92 Å². The molecular formula is C43H27F3N2. The molecule has 1 aromatic heterocycles. The van der Waals surface area contributed by atoms with Crippen LogP contribution in [-0.4, -0.2) is 4.57 Å². The van der Waals surface area contributed by atoms with Crippen LogP contribution in [0, 0.1) is 5.82 Å². The standard InChI is InChI=1S/C43H27F3N2/c44-30-17-21-33(22-18-30)48-41-13-7-5-11-37(41)38-24-16-29(26-42(38)48)28-14-19-32(20-15-28)47(31-8-2-1-3-9-31)34-23-25-36-35-10-4-6-12-39(35)43(45,46)40(36)27-34/h1-27H. The molecule has 0 bridgehead atoms. The van der Waals surface area contributed by atoms with E-state index < -0.39 is 5.92 Å². The van der Waals surface area contributed by atoms with Crippen molar-refractivity contribution in [3.05, 3.63) is 181 Å². The van der Waals surface area contributed by atoms with Crippen LogP contribution in [0.4, 0.5) is 30.2 Å². The number of anilines is 3. The van der Waals surface area contributed by atoms with Gasteiger partial charge in [-0.2, -0.15) is 8.78 Å². The van der Waals surface area contributed by atoms with E-state index in [4.69, 9.17) is 0 Å². The van der Waals surface area contributed by atoms with Crippen LogP contribution in [0.15, 0.2) is 164 Å². The summed E-state index contributed by atoms with van der Waals surface area (Å²) in [5.41, 5.74) is 8.59. The van der Waals surface area contributed by atoms with Gasteiger partial charge in [-0.15, -0.1) is 0 Å². The average molecular weight is 629 g/mol. The molecular weight excluding hydrogens is 601 g/mol. The van der Waals surface area contributed by atoms with E-state index in [0.717, 1.165) is 50.0 Å². The molecule has 0 saturated heterocycles. The predicted molar refractivity (Wildman–Crippen MR) is 189 cm³/mol. The van der Waals surface area contributed by atoms with E-state index in [-0.39, 0.29) is 16.9 Å². The number of alkyl halides is 2. The Balaban J connectivity index is 1.14. The molecule has 8 aromatic rings. The molecule has 48 heavy (non-hydrogen) atoms. The summed E-state index contributed by atoms with van der Waals surface area (Å²) in [5, 5.41) is 2.24. The number of rotatable bonds is 5. The van der Waals surface area contributed by atoms with Gasteiger partial charge < -0.3 is 9.47 Å². The summed E-state index contributed by atoms with van der Waals surface area (Å²) < 4.78 is 47.4. The van der Waals surface area contributed by atoms with E-state index >= 15 is 8.78 Å². The molecule has 0 atom stereocenters. The summed E-state index contributed by atoms with van der Waals surface area (Å²) >= 11 is 0. The van der Waals surface area contributed by atoms with E-state index in [1.54, 1.807) is 36.4 Å². The number of halogens is 3. The summed E-state index contributed by atoms with van der Waals surface area (Å²) in [6.07, 6.45) is 0. The van der Waals surface area contributed by atoms with E-state index in [9.17, 15) is 4.39 Å². The number of hydrogen-bond donors (Lipinski definition) is 0. The first-order valence-electron chi connectivity index (χ1n) is 15.8. The van der Waals surface area contributed by atoms with Crippen LogP contribution in [0.1, 0.15) is 11.1 Å². The average Bonchev–Trinajstić information content (AvgIpc) is 3.58. The van der Waals surface area contributed by atoms with E-state index in [1.807, 2.05) is 71.6 Å². The fraction of sp³-hybridized carbons (Fsp3) is 0.0233. The molecule has 5 heteroatoms. The largest absolute Gasteiger partial charge is 0.310 e. The lowest BCUT2D eigenvalue weighted by molar-refractivity contribution is 0.0480. The summed E-state index contributed by atoms with van der Waals surface area (Å²) in [6, 6.07) is 51.3. The monoisotopic (exact) mass is 628 g/mol. The fourth-order valence-corrected chi connectivity index (χ4v) is 7.15. The van der Waals surface area contributed by atoms with Crippen LogP contribution in [0.2, 0.25) is 0 Å². The lowest BCUT2D eigenvalue weighted by Crippen LogP contribution is -2.14. The number of benzene rings is 7. The van der Waals surface area contributed by atoms with E-state index in [0.29, 0.717) is 16.8 Å². The molecule has 0 saturated carbocycles. The summed E-state index contributed by atoms with van der Waals surface area (Å²) in [7, 11) is 0. The molecule has 2 nitrogen and oxygen atoms in total. The Morgan fingerprint density at radius 2 is 1.08 bits per heavy atom. The Labute approximate surface area is 275 Å². The SMILES string of the molecule is Fc1ccc(-n2c3ccccc3c3ccc(-c4ccc(N(c5ccccc5)c5ccc6c(c5)C(F)(F)c5ccccc5-6)cc4)cc32)cc1. The predicted octanol–water partition coefficient (Wildman–Crippen LogP) is 12.2. The Hall–Kier alpha value is -6.07. The molecule has 1 aliphatic carbocycles. The minimum atomic E-state index is -3.08. The highest BCUT2D eigenvalue weighted by Crippen LogP contribution is 2.52. The highest BCUT2D eigenvalue weighted by Gasteiger charge is 2.44. The molecule has 0 N–H and O–H groups in total. The van der Waals surface area contributed by atoms with Crippen molar-refractivity contribution in [2.75, 3.05) is 4.90 Å². The van der Waals surface area contributed by atoms with Gasteiger partial charge in [-0.1, -0.05) is 91.0 Å². The Bertz CT molecular complexity index is 2480. The molecule has 9 rings (SSSR count). The van der Waals surface area contributed by atoms with E-state index in [2.05, 4.69) is 47.0 Å². The third kappa shape index (κ3) is 4.35. The second-order valence-electron chi connectivity index (χ2n) is 12.1. The third-order valence-corrected chi connectivity index (χ3v) is 9.39. The number of para-hydroxylation sites is 2. The molecule has 0 fully saturated rings. The Kier molecular flexibility index (Phi) is 6.31. The number of hydrogen-bond acceptors (Lipinski definition) is 1. The van der Waals surface area contributed by atoms with Crippen molar-refractivity contribution in [3.63, 3.8) is 0 Å². The maximum atomic E-state index is 15.7. The molecule has 230 valence electrons. The maximum absolute atomic E-state index is 15.7. The van der Waals surface area contributed by atoms with Crippen LogP contribution in [0.25, 0.3) is 49.7 Å². The molecule has 1 heterocycles. The quantitative estimate of drug-likeness (QED) is 0.184. The first-order valence-corrected chi connectivity index (χ1v) is 15.8. The molecule has 1 aliphatic rings. The van der Waals surface area contributed by atoms with Crippen LogP contribution in [0.5, 0.6) is 0 Å². The second-order valence-corrected chi connectivity index (χ2v) is 12.1. The van der Waals surface area contributed by atoms with Crippen molar-refractivity contribution in [3.8, 4) is 27.9 Å². The highest BCUT2D eigenvalue weighted by molar-refractivity contribution is 6.10. The Morgan fingerprint density at radius 1 is 0.458 bits per heavy atom. The fourth-order valence-electron chi connectivity index (χ4n) is 7.15. The zero-order chi connectivity index (χ0) is 32.4. The molecule has 0 aliphatic heterocycles. The molecule has 0 amide bonds. The smallest absolute Gasteiger partial charge is 0.299 e. The lowest BCUT2D eigenvalue weighted by Gasteiger charge is -2.26. The second kappa shape index (κ2) is 10.7. The summed E-state index contributed by atoms with van der Waals surface area (Å²) in [4.78, 5) is 2.01. The Morgan fingerprint density at radius 3 is 1.90 bits per heavy atom. The minimum absolute atomic E-state index is 0.0172. The number of nitrogens with zero attached hydrogens (tertiary/aromatic N) is 2. The molecule has 0 radical (unpaired) electrons. The van der Waals surface area contributed by atoms with Gasteiger partial charge in [0.05, 0.1) is 11.0 Å². The van der Waals surface area contributed by atoms with Gasteiger partial charge in [-0.05, 0) is 95.1 Å². The van der Waals surface area contributed by atoms with Crippen molar-refractivity contribution in [2.24, 2.45) is 0 Å². The van der Waals surface area contributed by atoms with Crippen molar-refractivity contribution < 1.29 is 13.2 Å². The first kappa shape index (κ1) is 28.2. The van der Waals surface area contributed by atoms with Crippen LogP contribution in [-0.2, 0) is 5.92 Å². The number of fused-ring (bicyclic) bond motifs is 6. The van der Waals surface area contributed by atoms with Gasteiger partial charge in [0.15, 0.2) is 0 Å². The third-order valence-electron chi connectivity index (χ3n) is 9.39. The summed E-state index contributed by atoms with van der Waals surface area (Å²) in [6.45, 7) is 0. The van der Waals surface area contributed by atoms with Crippen molar-refractivity contribution in [1.29, 1.82) is 0 Å². The molecule has 7 aromatic carbocycles. The summed E-state index contributed by atoms with van der Waals surface area (Å²) in [5.74, 6) is -3.35. The minimum Gasteiger partial charge on any atom is -0.310 e. The zero-order valence-electron chi connectivity index (χ0n) is 25.6. The van der Waals surface area contributed by atoms with Crippen molar-refractivity contribution in [1.82, 2.24) is 4.57 Å². The van der Waals surface area contributed by atoms with Gasteiger partial charge in [0.1, 0.15) is 5.82 Å². The van der Waals surface area contributed by atoms with Crippen LogP contribution >= 0.6 is 0 Å². The first-order chi connectivity index (χ1) is 23.5. The van der Waals surface area contributed by atoms with Gasteiger partial charge in [-0.25, -0.2) is 4.39 Å². The van der Waals surface area contributed by atoms with Crippen molar-refractivity contribution >= 4 is 38.9 Å². The van der Waals surface area contributed by atoms with Gasteiger partial charge in [0.2, 0.25) is 0 Å². The van der Waals surface area contributed by atoms with Gasteiger partial charge in [-0.3, -0.25) is 0 Å². The topological polar surface area (TPSA) is 8.17 Å². The highest BCUT2D eigenvalue weighted by atomic mass is 19.3. The normalized spacial score (nSPS) is 13.1. The van der Waals surface area contributed by atoms with E-state index in [1.165, 1.54) is 18.2 Å². The van der Waals surface area contributed by atoms with Crippen LogP contribution < -0.4 is 4.90 Å². The zero-order valence-corrected chi connectivity index (χ0v) is 25.6. The van der Waals surface area contributed by atoms with Gasteiger partial charge >= 0.3 is 0 Å². The molecule has 0 spiro atoms. The van der Waals surface area contributed by atoms with Crippen molar-refractivity contribution in [2.45, 2.75) is 5.92 Å². The maximum Gasteiger partial charge on any atom is 0.299 e. The lowest BCUT2D eigenvalue weighted by atomic mass is 10.0. The molecule has 0 unspecified atom stereocenters. The number of aromatic nitrogens is 1. The van der Waals surface area contributed by atoms with Gasteiger partial charge in [0, 0.05) is 44.6 Å². The van der Waals surface area contributed by atoms with Crippen LogP contribution in [0.3, 0.4) is 0 Å².